The Bertz CT molecular complexity index is 387. The minimum atomic E-state index is -0.602. The van der Waals surface area contributed by atoms with Crippen LogP contribution >= 0.6 is 0 Å². The van der Waals surface area contributed by atoms with Gasteiger partial charge in [0, 0.05) is 26.3 Å². The van der Waals surface area contributed by atoms with E-state index in [0.717, 1.165) is 0 Å². The summed E-state index contributed by atoms with van der Waals surface area (Å²) in [4.78, 5) is 17.6. The summed E-state index contributed by atoms with van der Waals surface area (Å²) in [5, 5.41) is 9.21. The summed E-state index contributed by atoms with van der Waals surface area (Å²) in [6, 6.07) is 0. The lowest BCUT2D eigenvalue weighted by Crippen LogP contribution is -2.47. The predicted octanol–water partition coefficient (Wildman–Crippen LogP) is -0.315. The van der Waals surface area contributed by atoms with E-state index in [9.17, 15) is 9.90 Å². The van der Waals surface area contributed by atoms with Gasteiger partial charge in [0.2, 0.25) is 0 Å². The molecule has 1 rings (SSSR count). The van der Waals surface area contributed by atoms with Crippen LogP contribution in [0.15, 0.2) is 12.5 Å². The molecule has 17 heavy (non-hydrogen) atoms. The van der Waals surface area contributed by atoms with Crippen molar-refractivity contribution in [1.82, 2.24) is 14.5 Å². The normalized spacial score (nSPS) is 11.6. The second-order valence-corrected chi connectivity index (χ2v) is 4.62. The summed E-state index contributed by atoms with van der Waals surface area (Å²) < 4.78 is 1.77. The van der Waals surface area contributed by atoms with Gasteiger partial charge in [-0.3, -0.25) is 4.79 Å². The summed E-state index contributed by atoms with van der Waals surface area (Å²) in [6.07, 6.45) is 3.25. The Morgan fingerprint density at radius 1 is 1.65 bits per heavy atom. The first kappa shape index (κ1) is 13.7. The lowest BCUT2D eigenvalue weighted by atomic mass is 10.1. The molecule has 0 radical (unpaired) electrons. The van der Waals surface area contributed by atoms with Gasteiger partial charge in [0.15, 0.2) is 0 Å². The van der Waals surface area contributed by atoms with Crippen LogP contribution in [0.25, 0.3) is 0 Å². The molecule has 0 aliphatic rings. The Balaban J connectivity index is 2.81. The number of hydrogen-bond acceptors (Lipinski definition) is 4. The zero-order valence-corrected chi connectivity index (χ0v) is 10.6. The summed E-state index contributed by atoms with van der Waals surface area (Å²) >= 11 is 0. The molecule has 0 unspecified atom stereocenters. The molecule has 0 fully saturated rings. The molecule has 0 atom stereocenters. The van der Waals surface area contributed by atoms with Gasteiger partial charge in [0.25, 0.3) is 5.91 Å². The molecular formula is C11H20N4O2. The van der Waals surface area contributed by atoms with E-state index in [0.29, 0.717) is 18.8 Å². The fraction of sp³-hybridized carbons (Fsp3) is 0.636. The summed E-state index contributed by atoms with van der Waals surface area (Å²) in [5.41, 5.74) is 5.18. The van der Waals surface area contributed by atoms with Crippen molar-refractivity contribution >= 4 is 5.91 Å². The van der Waals surface area contributed by atoms with Crippen LogP contribution in [-0.4, -0.2) is 51.2 Å². The monoisotopic (exact) mass is 240 g/mol. The fourth-order valence-corrected chi connectivity index (χ4v) is 1.29. The Morgan fingerprint density at radius 2 is 2.29 bits per heavy atom. The number of hydrogen-bond donors (Lipinski definition) is 2. The van der Waals surface area contributed by atoms with E-state index in [1.165, 1.54) is 4.90 Å². The first-order chi connectivity index (χ1) is 7.92. The molecule has 0 saturated carbocycles. The number of aromatic nitrogens is 2. The van der Waals surface area contributed by atoms with Crippen LogP contribution in [0.5, 0.6) is 0 Å². The van der Waals surface area contributed by atoms with Crippen molar-refractivity contribution in [2.24, 2.45) is 5.73 Å². The van der Waals surface area contributed by atoms with Gasteiger partial charge >= 0.3 is 0 Å². The Labute approximate surface area is 101 Å². The third-order valence-electron chi connectivity index (χ3n) is 2.84. The Morgan fingerprint density at radius 3 is 2.82 bits per heavy atom. The number of aliphatic hydroxyl groups excluding tert-OH is 1. The first-order valence-corrected chi connectivity index (χ1v) is 5.53. The molecule has 0 bridgehead atoms. The molecular weight excluding hydrogens is 220 g/mol. The van der Waals surface area contributed by atoms with Crippen LogP contribution in [0, 0.1) is 0 Å². The maximum absolute atomic E-state index is 12.1. The third-order valence-corrected chi connectivity index (χ3v) is 2.84. The van der Waals surface area contributed by atoms with Crippen molar-refractivity contribution in [2.75, 3.05) is 20.2 Å². The van der Waals surface area contributed by atoms with Crippen molar-refractivity contribution in [3.05, 3.63) is 18.2 Å². The molecule has 0 saturated heterocycles. The van der Waals surface area contributed by atoms with Gasteiger partial charge in [-0.05, 0) is 13.8 Å². The number of likely N-dealkylation sites (N-methyl/N-ethyl adjacent to an activating group) is 1. The highest BCUT2D eigenvalue weighted by Crippen LogP contribution is 2.14. The maximum atomic E-state index is 12.1. The molecule has 1 aromatic rings. The van der Waals surface area contributed by atoms with Crippen LogP contribution in [0.3, 0.4) is 0 Å². The second-order valence-electron chi connectivity index (χ2n) is 4.62. The quantitative estimate of drug-likeness (QED) is 0.739. The summed E-state index contributed by atoms with van der Waals surface area (Å²) in [7, 11) is 1.65. The van der Waals surface area contributed by atoms with E-state index in [4.69, 9.17) is 5.73 Å². The standard InChI is InChI=1S/C11H20N4O2/c1-11(2,7-16)14(3)10(17)9-6-15(5-4-12)8-13-9/h6,8,16H,4-5,7,12H2,1-3H3. The van der Waals surface area contributed by atoms with Gasteiger partial charge in [-0.2, -0.15) is 0 Å². The molecule has 0 aromatic carbocycles. The van der Waals surface area contributed by atoms with Gasteiger partial charge in [0.1, 0.15) is 5.69 Å². The smallest absolute Gasteiger partial charge is 0.274 e. The van der Waals surface area contributed by atoms with Crippen molar-refractivity contribution < 1.29 is 9.90 Å². The largest absolute Gasteiger partial charge is 0.394 e. The molecule has 1 heterocycles. The highest BCUT2D eigenvalue weighted by Gasteiger charge is 2.28. The van der Waals surface area contributed by atoms with E-state index >= 15 is 0 Å². The maximum Gasteiger partial charge on any atom is 0.274 e. The minimum Gasteiger partial charge on any atom is -0.394 e. The van der Waals surface area contributed by atoms with Crippen LogP contribution in [-0.2, 0) is 6.54 Å². The molecule has 0 aliphatic heterocycles. The molecule has 0 aliphatic carbocycles. The SMILES string of the molecule is CN(C(=O)c1cn(CCN)cn1)C(C)(C)CO. The lowest BCUT2D eigenvalue weighted by molar-refractivity contribution is 0.0468. The van der Waals surface area contributed by atoms with E-state index in [1.807, 2.05) is 0 Å². The second kappa shape index (κ2) is 5.29. The van der Waals surface area contributed by atoms with E-state index in [1.54, 1.807) is 38.0 Å². The van der Waals surface area contributed by atoms with E-state index in [2.05, 4.69) is 4.98 Å². The van der Waals surface area contributed by atoms with Crippen molar-refractivity contribution in [3.63, 3.8) is 0 Å². The molecule has 0 spiro atoms. The zero-order valence-electron chi connectivity index (χ0n) is 10.6. The topological polar surface area (TPSA) is 84.4 Å². The van der Waals surface area contributed by atoms with Crippen LogP contribution < -0.4 is 5.73 Å². The highest BCUT2D eigenvalue weighted by atomic mass is 16.3. The lowest BCUT2D eigenvalue weighted by Gasteiger charge is -2.33. The predicted molar refractivity (Wildman–Crippen MR) is 64.5 cm³/mol. The Hall–Kier alpha value is -1.40. The summed E-state index contributed by atoms with van der Waals surface area (Å²) in [6.45, 7) is 4.62. The first-order valence-electron chi connectivity index (χ1n) is 5.53. The molecule has 1 aromatic heterocycles. The minimum absolute atomic E-state index is 0.0985. The van der Waals surface area contributed by atoms with Gasteiger partial charge < -0.3 is 20.3 Å². The van der Waals surface area contributed by atoms with Gasteiger partial charge in [-0.15, -0.1) is 0 Å². The van der Waals surface area contributed by atoms with Crippen molar-refractivity contribution in [2.45, 2.75) is 25.9 Å². The van der Waals surface area contributed by atoms with Crippen molar-refractivity contribution in [3.8, 4) is 0 Å². The molecule has 96 valence electrons. The van der Waals surface area contributed by atoms with Gasteiger partial charge in [0.05, 0.1) is 18.5 Å². The zero-order chi connectivity index (χ0) is 13.1. The van der Waals surface area contributed by atoms with E-state index < -0.39 is 5.54 Å². The average molecular weight is 240 g/mol. The van der Waals surface area contributed by atoms with Crippen LogP contribution in [0.1, 0.15) is 24.3 Å². The highest BCUT2D eigenvalue weighted by molar-refractivity contribution is 5.92. The average Bonchev–Trinajstić information content (AvgIpc) is 2.76. The number of amides is 1. The summed E-state index contributed by atoms with van der Waals surface area (Å²) in [5.74, 6) is -0.208. The van der Waals surface area contributed by atoms with Crippen LogP contribution in [0.4, 0.5) is 0 Å². The molecule has 1 amide bonds. The number of nitrogens with zero attached hydrogens (tertiary/aromatic N) is 3. The Kier molecular flexibility index (Phi) is 4.25. The fourth-order valence-electron chi connectivity index (χ4n) is 1.29. The van der Waals surface area contributed by atoms with Crippen LogP contribution in [0.2, 0.25) is 0 Å². The van der Waals surface area contributed by atoms with Gasteiger partial charge in [-0.25, -0.2) is 4.98 Å². The molecule has 6 heteroatoms. The van der Waals surface area contributed by atoms with Gasteiger partial charge in [-0.1, -0.05) is 0 Å². The third kappa shape index (κ3) is 3.04. The molecule has 6 nitrogen and oxygen atoms in total. The number of aliphatic hydroxyl groups is 1. The molecule has 3 N–H and O–H groups in total. The number of carbonyl (C=O) groups is 1. The number of rotatable bonds is 5. The van der Waals surface area contributed by atoms with E-state index in [-0.39, 0.29) is 12.5 Å². The number of nitrogens with two attached hydrogens (primary N) is 1. The number of imidazole rings is 1. The van der Waals surface area contributed by atoms with Crippen molar-refractivity contribution in [1.29, 1.82) is 0 Å². The number of carbonyl (C=O) groups excluding carboxylic acids is 1.